The predicted octanol–water partition coefficient (Wildman–Crippen LogP) is 5.20. The summed E-state index contributed by atoms with van der Waals surface area (Å²) in [5.41, 5.74) is 5.03. The van der Waals surface area contributed by atoms with Gasteiger partial charge in [-0.3, -0.25) is 4.79 Å². The van der Waals surface area contributed by atoms with E-state index in [1.807, 2.05) is 53.2 Å². The first-order valence-electron chi connectivity index (χ1n) is 13.0. The number of nitrogens with zero attached hydrogens (tertiary/aromatic N) is 2. The Morgan fingerprint density at radius 1 is 1.05 bits per heavy atom. The molecule has 5 rings (SSSR count). The number of halogens is 3. The number of aryl methyl sites for hydroxylation is 1. The van der Waals surface area contributed by atoms with E-state index >= 15 is 0 Å². The largest absolute Gasteiger partial charge is 0.390 e. The molecule has 1 aliphatic rings. The van der Waals surface area contributed by atoms with E-state index in [9.17, 15) is 18.7 Å². The molecule has 4 aromatic rings. The minimum atomic E-state index is -1.01. The minimum Gasteiger partial charge on any atom is -0.390 e. The zero-order chi connectivity index (χ0) is 28.1. The fourth-order valence-corrected chi connectivity index (χ4v) is 5.52. The van der Waals surface area contributed by atoms with Gasteiger partial charge in [0.05, 0.1) is 18.5 Å². The van der Waals surface area contributed by atoms with Crippen molar-refractivity contribution in [1.82, 2.24) is 20.2 Å². The van der Waals surface area contributed by atoms with Gasteiger partial charge in [-0.05, 0) is 107 Å². The SMILES string of the molecule is O=C(N[C@@H](Cc1cc(F)cc(F)c1)[C@@H](O)CNCc1cccc(I)c1)c1ccc2c(c1)C=C(n1ccnc1)CC2. The predicted molar refractivity (Wildman–Crippen MR) is 159 cm³/mol. The lowest BCUT2D eigenvalue weighted by Crippen LogP contribution is -2.48. The fourth-order valence-electron chi connectivity index (χ4n) is 4.92. The number of carbonyl (C=O) groups excluding carboxylic acids is 1. The van der Waals surface area contributed by atoms with Gasteiger partial charge in [0.1, 0.15) is 11.6 Å². The topological polar surface area (TPSA) is 79.2 Å². The summed E-state index contributed by atoms with van der Waals surface area (Å²) in [7, 11) is 0. The van der Waals surface area contributed by atoms with Gasteiger partial charge < -0.3 is 20.3 Å². The lowest BCUT2D eigenvalue weighted by molar-refractivity contribution is 0.0830. The second kappa shape index (κ2) is 12.8. The average molecular weight is 654 g/mol. The number of amides is 1. The normalized spacial score (nSPS) is 14.2. The Bertz CT molecular complexity index is 1500. The Balaban J connectivity index is 1.32. The minimum absolute atomic E-state index is 0.0577. The third-order valence-corrected chi connectivity index (χ3v) is 7.62. The van der Waals surface area contributed by atoms with E-state index in [2.05, 4.69) is 38.2 Å². The van der Waals surface area contributed by atoms with Gasteiger partial charge in [0, 0.05) is 46.4 Å². The lowest BCUT2D eigenvalue weighted by atomic mass is 9.93. The highest BCUT2D eigenvalue weighted by molar-refractivity contribution is 14.1. The zero-order valence-corrected chi connectivity index (χ0v) is 23.8. The summed E-state index contributed by atoms with van der Waals surface area (Å²) in [6, 6.07) is 16.0. The first-order chi connectivity index (χ1) is 19.3. The van der Waals surface area contributed by atoms with Crippen LogP contribution in [0.4, 0.5) is 8.78 Å². The van der Waals surface area contributed by atoms with Crippen LogP contribution in [0.25, 0.3) is 11.8 Å². The summed E-state index contributed by atoms with van der Waals surface area (Å²) in [5, 5.41) is 17.2. The maximum Gasteiger partial charge on any atom is 0.251 e. The Morgan fingerprint density at radius 3 is 2.62 bits per heavy atom. The van der Waals surface area contributed by atoms with Crippen molar-refractivity contribution in [3.8, 4) is 0 Å². The van der Waals surface area contributed by atoms with Crippen LogP contribution in [0.2, 0.25) is 0 Å². The van der Waals surface area contributed by atoms with Crippen molar-refractivity contribution < 1.29 is 18.7 Å². The van der Waals surface area contributed by atoms with Crippen LogP contribution >= 0.6 is 22.6 Å². The molecule has 206 valence electrons. The average Bonchev–Trinajstić information content (AvgIpc) is 3.47. The number of nitrogens with one attached hydrogen (secondary N) is 2. The molecule has 0 saturated heterocycles. The monoisotopic (exact) mass is 654 g/mol. The van der Waals surface area contributed by atoms with Crippen LogP contribution in [0, 0.1) is 15.2 Å². The van der Waals surface area contributed by atoms with E-state index in [1.54, 1.807) is 18.6 Å². The molecule has 9 heteroatoms. The molecule has 1 aliphatic carbocycles. The second-order valence-corrected chi connectivity index (χ2v) is 11.2. The first-order valence-corrected chi connectivity index (χ1v) is 14.1. The molecular weight excluding hydrogens is 625 g/mol. The highest BCUT2D eigenvalue weighted by Gasteiger charge is 2.24. The van der Waals surface area contributed by atoms with Gasteiger partial charge in [-0.25, -0.2) is 13.8 Å². The van der Waals surface area contributed by atoms with Gasteiger partial charge in [-0.15, -0.1) is 0 Å². The number of hydrogen-bond acceptors (Lipinski definition) is 4. The third kappa shape index (κ3) is 7.21. The van der Waals surface area contributed by atoms with Crippen LogP contribution < -0.4 is 10.6 Å². The molecule has 1 amide bonds. The summed E-state index contributed by atoms with van der Waals surface area (Å²) < 4.78 is 30.9. The number of benzene rings is 3. The third-order valence-electron chi connectivity index (χ3n) is 6.95. The molecule has 0 spiro atoms. The van der Waals surface area contributed by atoms with Gasteiger partial charge in [0.15, 0.2) is 0 Å². The maximum absolute atomic E-state index is 13.9. The molecule has 1 heterocycles. The number of aliphatic hydroxyl groups excluding tert-OH is 1. The molecule has 0 aliphatic heterocycles. The molecule has 3 aromatic carbocycles. The van der Waals surface area contributed by atoms with E-state index in [0.29, 0.717) is 17.7 Å². The quantitative estimate of drug-likeness (QED) is 0.206. The molecule has 0 fully saturated rings. The Hall–Kier alpha value is -3.41. The Morgan fingerprint density at radius 2 is 1.88 bits per heavy atom. The summed E-state index contributed by atoms with van der Waals surface area (Å²) in [4.78, 5) is 17.5. The van der Waals surface area contributed by atoms with Gasteiger partial charge >= 0.3 is 0 Å². The van der Waals surface area contributed by atoms with Crippen LogP contribution in [0.3, 0.4) is 0 Å². The molecule has 0 radical (unpaired) electrons. The van der Waals surface area contributed by atoms with E-state index in [4.69, 9.17) is 0 Å². The molecule has 40 heavy (non-hydrogen) atoms. The number of aliphatic hydroxyl groups is 1. The van der Waals surface area contributed by atoms with Gasteiger partial charge in [0.2, 0.25) is 0 Å². The van der Waals surface area contributed by atoms with Crippen molar-refractivity contribution >= 4 is 40.3 Å². The molecule has 6 nitrogen and oxygen atoms in total. The maximum atomic E-state index is 13.9. The molecular formula is C31H29F2IN4O2. The van der Waals surface area contributed by atoms with Crippen molar-refractivity contribution in [3.63, 3.8) is 0 Å². The first kappa shape index (κ1) is 28.1. The van der Waals surface area contributed by atoms with Gasteiger partial charge in [-0.2, -0.15) is 0 Å². The van der Waals surface area contributed by atoms with Gasteiger partial charge in [-0.1, -0.05) is 18.2 Å². The van der Waals surface area contributed by atoms with E-state index < -0.39 is 23.8 Å². The summed E-state index contributed by atoms with van der Waals surface area (Å²) in [6.45, 7) is 0.703. The summed E-state index contributed by atoms with van der Waals surface area (Å²) in [6.07, 6.45) is 8.18. The summed E-state index contributed by atoms with van der Waals surface area (Å²) >= 11 is 2.24. The number of imidazole rings is 1. The number of aromatic nitrogens is 2. The number of carbonyl (C=O) groups is 1. The van der Waals surface area contributed by atoms with Crippen LogP contribution in [0.1, 0.15) is 39.0 Å². The zero-order valence-electron chi connectivity index (χ0n) is 21.7. The van der Waals surface area contributed by atoms with E-state index in [1.165, 1.54) is 12.1 Å². The summed E-state index contributed by atoms with van der Waals surface area (Å²) in [5.74, 6) is -1.78. The van der Waals surface area contributed by atoms with Crippen molar-refractivity contribution in [3.05, 3.63) is 122 Å². The van der Waals surface area contributed by atoms with Crippen LogP contribution in [0.5, 0.6) is 0 Å². The van der Waals surface area contributed by atoms with Gasteiger partial charge in [0.25, 0.3) is 5.91 Å². The number of rotatable bonds is 10. The molecule has 0 bridgehead atoms. The van der Waals surface area contributed by atoms with Crippen molar-refractivity contribution in [2.45, 2.75) is 38.0 Å². The lowest BCUT2D eigenvalue weighted by Gasteiger charge is -2.25. The molecule has 3 N–H and O–H groups in total. The molecule has 0 saturated carbocycles. The second-order valence-electron chi connectivity index (χ2n) is 9.91. The molecule has 0 unspecified atom stereocenters. The van der Waals surface area contributed by atoms with E-state index in [0.717, 1.165) is 44.9 Å². The molecule has 2 atom stereocenters. The Labute approximate surface area is 245 Å². The van der Waals surface area contributed by atoms with Crippen molar-refractivity contribution in [2.24, 2.45) is 0 Å². The molecule has 1 aromatic heterocycles. The standard InChI is InChI=1S/C31H29F2IN4O2/c32-25-10-21(11-26(33)16-25)13-29(30(39)18-36-17-20-2-1-3-27(34)12-20)37-31(40)23-5-4-22-6-7-28(15-24(22)14-23)38-9-8-35-19-38/h1-5,8-12,14-16,19,29-30,36,39H,6-7,13,17-18H2,(H,37,40)/t29-,30-/m0/s1. The Kier molecular flexibility index (Phi) is 9.03. The highest BCUT2D eigenvalue weighted by Crippen LogP contribution is 2.27. The highest BCUT2D eigenvalue weighted by atomic mass is 127. The van der Waals surface area contributed by atoms with E-state index in [-0.39, 0.29) is 18.9 Å². The van der Waals surface area contributed by atoms with Crippen LogP contribution in [-0.2, 0) is 19.4 Å². The van der Waals surface area contributed by atoms with Crippen LogP contribution in [0.15, 0.2) is 79.4 Å². The number of hydrogen-bond donors (Lipinski definition) is 3. The fraction of sp³-hybridized carbons (Fsp3) is 0.226. The number of fused-ring (bicyclic) bond motifs is 1. The van der Waals surface area contributed by atoms with Crippen LogP contribution in [-0.4, -0.2) is 39.3 Å². The van der Waals surface area contributed by atoms with Crippen molar-refractivity contribution in [1.29, 1.82) is 0 Å². The number of allylic oxidation sites excluding steroid dienone is 1. The smallest absolute Gasteiger partial charge is 0.251 e. The van der Waals surface area contributed by atoms with Crippen molar-refractivity contribution in [2.75, 3.05) is 6.54 Å².